The average Bonchev–Trinajstić information content (AvgIpc) is 3.14. The van der Waals surface area contributed by atoms with Crippen LogP contribution in [0.3, 0.4) is 0 Å². The summed E-state index contributed by atoms with van der Waals surface area (Å²) in [7, 11) is 0. The molecule has 0 aliphatic heterocycles. The van der Waals surface area contributed by atoms with Crippen LogP contribution in [0.4, 0.5) is 11.4 Å². The van der Waals surface area contributed by atoms with Crippen molar-refractivity contribution in [1.82, 2.24) is 9.55 Å². The summed E-state index contributed by atoms with van der Waals surface area (Å²) in [6, 6.07) is 23.3. The maximum Gasteiger partial charge on any atom is 0.275 e. The van der Waals surface area contributed by atoms with Gasteiger partial charge in [-0.2, -0.15) is 0 Å². The van der Waals surface area contributed by atoms with Crippen molar-refractivity contribution in [1.29, 1.82) is 0 Å². The van der Waals surface area contributed by atoms with Gasteiger partial charge in [-0.15, -0.1) is 0 Å². The predicted molar refractivity (Wildman–Crippen MR) is 142 cm³/mol. The summed E-state index contributed by atoms with van der Waals surface area (Å²) in [4.78, 5) is 28.1. The number of carbonyl (C=O) groups excluding carboxylic acids is 1. The van der Waals surface area contributed by atoms with E-state index in [1.54, 1.807) is 30.5 Å². The van der Waals surface area contributed by atoms with Crippen LogP contribution < -0.4 is 10.1 Å². The fourth-order valence-corrected chi connectivity index (χ4v) is 4.33. The molecular formula is C29H24N4O4. The Labute approximate surface area is 213 Å². The molecular weight excluding hydrogens is 468 g/mol. The first kappa shape index (κ1) is 23.7. The van der Waals surface area contributed by atoms with Crippen LogP contribution in [0, 0.1) is 24.0 Å². The summed E-state index contributed by atoms with van der Waals surface area (Å²) in [5, 5.41) is 15.3. The molecule has 0 aliphatic carbocycles. The zero-order valence-corrected chi connectivity index (χ0v) is 20.3. The number of ether oxygens (including phenoxy) is 1. The monoisotopic (exact) mass is 492 g/mol. The fraction of sp³-hybridized carbons (Fsp3) is 0.103. The molecule has 0 fully saturated rings. The number of anilines is 1. The number of fused-ring (bicyclic) bond motifs is 1. The van der Waals surface area contributed by atoms with Crippen molar-refractivity contribution >= 4 is 28.2 Å². The first-order chi connectivity index (χ1) is 17.9. The minimum absolute atomic E-state index is 0.198. The Morgan fingerprint density at radius 2 is 1.81 bits per heavy atom. The van der Waals surface area contributed by atoms with E-state index in [0.29, 0.717) is 11.3 Å². The quantitative estimate of drug-likeness (QED) is 0.202. The molecule has 1 amide bonds. The minimum atomic E-state index is -0.528. The van der Waals surface area contributed by atoms with Crippen molar-refractivity contribution in [2.75, 3.05) is 5.32 Å². The van der Waals surface area contributed by atoms with E-state index < -0.39 is 4.92 Å². The van der Waals surface area contributed by atoms with Crippen LogP contribution in [0.2, 0.25) is 0 Å². The summed E-state index contributed by atoms with van der Waals surface area (Å²) < 4.78 is 7.95. The molecule has 0 unspecified atom stereocenters. The fourth-order valence-electron chi connectivity index (χ4n) is 4.33. The van der Waals surface area contributed by atoms with Gasteiger partial charge in [0.25, 0.3) is 11.6 Å². The molecule has 184 valence electrons. The first-order valence-corrected chi connectivity index (χ1v) is 11.7. The summed E-state index contributed by atoms with van der Waals surface area (Å²) in [6.45, 7) is 4.85. The van der Waals surface area contributed by atoms with Crippen LogP contribution in [0.1, 0.15) is 27.2 Å². The Morgan fingerprint density at radius 3 is 2.54 bits per heavy atom. The molecule has 3 aromatic carbocycles. The molecule has 2 heterocycles. The van der Waals surface area contributed by atoms with Crippen molar-refractivity contribution in [2.45, 2.75) is 20.4 Å². The Balaban J connectivity index is 1.43. The number of pyridine rings is 1. The summed E-state index contributed by atoms with van der Waals surface area (Å²) >= 11 is 0. The number of nitrogens with zero attached hydrogens (tertiary/aromatic N) is 3. The van der Waals surface area contributed by atoms with Crippen molar-refractivity contribution < 1.29 is 14.5 Å². The Hall–Kier alpha value is -4.98. The van der Waals surface area contributed by atoms with Gasteiger partial charge in [-0.05, 0) is 55.3 Å². The van der Waals surface area contributed by atoms with Crippen LogP contribution in [0.5, 0.6) is 11.5 Å². The normalized spacial score (nSPS) is 10.9. The highest BCUT2D eigenvalue weighted by molar-refractivity contribution is 6.07. The van der Waals surface area contributed by atoms with Crippen LogP contribution in [-0.2, 0) is 6.54 Å². The van der Waals surface area contributed by atoms with E-state index in [1.165, 1.54) is 23.9 Å². The van der Waals surface area contributed by atoms with E-state index in [2.05, 4.69) is 33.9 Å². The van der Waals surface area contributed by atoms with E-state index >= 15 is 0 Å². The summed E-state index contributed by atoms with van der Waals surface area (Å²) in [6.07, 6.45) is 3.10. The Bertz CT molecular complexity index is 1610. The van der Waals surface area contributed by atoms with Crippen LogP contribution in [0.25, 0.3) is 10.9 Å². The number of rotatable bonds is 7. The maximum atomic E-state index is 13.2. The molecule has 37 heavy (non-hydrogen) atoms. The van der Waals surface area contributed by atoms with Gasteiger partial charge in [0.15, 0.2) is 0 Å². The number of amides is 1. The standard InChI is InChI=1S/C29H24N4O4/c1-19-20(2)32(18-21-7-4-3-5-8-21)28-11-10-22(13-27(19)28)29(34)31-23-14-24(33(35)36)16-26(15-23)37-25-9-6-12-30-17-25/h3-17H,18H2,1-2H3,(H,31,34). The van der Waals surface area contributed by atoms with E-state index in [0.717, 1.165) is 28.7 Å². The summed E-state index contributed by atoms with van der Waals surface area (Å²) in [5.41, 5.74) is 4.98. The van der Waals surface area contributed by atoms with Gasteiger partial charge in [0.1, 0.15) is 11.5 Å². The lowest BCUT2D eigenvalue weighted by molar-refractivity contribution is -0.384. The number of aryl methyl sites for hydroxylation is 1. The number of nitro groups is 1. The topological polar surface area (TPSA) is 99.3 Å². The highest BCUT2D eigenvalue weighted by Crippen LogP contribution is 2.31. The van der Waals surface area contributed by atoms with E-state index in [-0.39, 0.29) is 23.0 Å². The van der Waals surface area contributed by atoms with Crippen molar-refractivity contribution in [3.8, 4) is 11.5 Å². The SMILES string of the molecule is Cc1c(C)n(Cc2ccccc2)c2ccc(C(=O)Nc3cc(Oc4cccnc4)cc([N+](=O)[O-])c3)cc12. The number of non-ortho nitro benzene ring substituents is 1. The predicted octanol–water partition coefficient (Wildman–Crippen LogP) is 6.65. The zero-order chi connectivity index (χ0) is 25.9. The molecule has 0 atom stereocenters. The lowest BCUT2D eigenvalue weighted by Crippen LogP contribution is -2.12. The second kappa shape index (κ2) is 9.94. The number of aromatic nitrogens is 2. The maximum absolute atomic E-state index is 13.2. The van der Waals surface area contributed by atoms with Gasteiger partial charge in [0.05, 0.1) is 22.9 Å². The number of hydrogen-bond donors (Lipinski definition) is 1. The van der Waals surface area contributed by atoms with Gasteiger partial charge < -0.3 is 14.6 Å². The average molecular weight is 493 g/mol. The molecule has 1 N–H and O–H groups in total. The molecule has 0 radical (unpaired) electrons. The number of nitrogens with one attached hydrogen (secondary N) is 1. The lowest BCUT2D eigenvalue weighted by Gasteiger charge is -2.10. The highest BCUT2D eigenvalue weighted by Gasteiger charge is 2.17. The Morgan fingerprint density at radius 1 is 1.00 bits per heavy atom. The minimum Gasteiger partial charge on any atom is -0.455 e. The van der Waals surface area contributed by atoms with Crippen molar-refractivity contribution in [3.63, 3.8) is 0 Å². The number of nitro benzene ring substituents is 1. The third kappa shape index (κ3) is 5.04. The molecule has 0 bridgehead atoms. The van der Waals surface area contributed by atoms with Gasteiger partial charge in [-0.3, -0.25) is 19.9 Å². The van der Waals surface area contributed by atoms with E-state index in [4.69, 9.17) is 4.74 Å². The van der Waals surface area contributed by atoms with Gasteiger partial charge in [0.2, 0.25) is 0 Å². The largest absolute Gasteiger partial charge is 0.455 e. The second-order valence-electron chi connectivity index (χ2n) is 8.73. The third-order valence-corrected chi connectivity index (χ3v) is 6.31. The van der Waals surface area contributed by atoms with Crippen LogP contribution in [-0.4, -0.2) is 20.4 Å². The molecule has 0 saturated heterocycles. The van der Waals surface area contributed by atoms with Crippen molar-refractivity contribution in [2.24, 2.45) is 0 Å². The van der Waals surface area contributed by atoms with Gasteiger partial charge >= 0.3 is 0 Å². The smallest absolute Gasteiger partial charge is 0.275 e. The zero-order valence-electron chi connectivity index (χ0n) is 20.3. The second-order valence-corrected chi connectivity index (χ2v) is 8.73. The molecule has 8 nitrogen and oxygen atoms in total. The molecule has 0 aliphatic rings. The van der Waals surface area contributed by atoms with Crippen LogP contribution >= 0.6 is 0 Å². The Kier molecular flexibility index (Phi) is 6.38. The van der Waals surface area contributed by atoms with E-state index in [9.17, 15) is 14.9 Å². The number of benzene rings is 3. The number of carbonyl (C=O) groups is 1. The molecule has 2 aromatic heterocycles. The third-order valence-electron chi connectivity index (χ3n) is 6.31. The van der Waals surface area contributed by atoms with Gasteiger partial charge in [-0.25, -0.2) is 0 Å². The van der Waals surface area contributed by atoms with Crippen molar-refractivity contribution in [3.05, 3.63) is 124 Å². The summed E-state index contributed by atoms with van der Waals surface area (Å²) in [5.74, 6) is 0.275. The molecule has 8 heteroatoms. The highest BCUT2D eigenvalue weighted by atomic mass is 16.6. The molecule has 0 spiro atoms. The number of hydrogen-bond acceptors (Lipinski definition) is 5. The first-order valence-electron chi connectivity index (χ1n) is 11.7. The molecule has 5 rings (SSSR count). The van der Waals surface area contributed by atoms with Gasteiger partial charge in [0, 0.05) is 47.0 Å². The molecule has 0 saturated carbocycles. The van der Waals surface area contributed by atoms with Crippen LogP contribution in [0.15, 0.2) is 91.3 Å². The van der Waals surface area contributed by atoms with E-state index in [1.807, 2.05) is 37.3 Å². The van der Waals surface area contributed by atoms with Gasteiger partial charge in [-0.1, -0.05) is 30.3 Å². The molecule has 5 aromatic rings. The lowest BCUT2D eigenvalue weighted by atomic mass is 10.1.